The van der Waals surface area contributed by atoms with E-state index in [1.165, 1.54) is 7.11 Å². The van der Waals surface area contributed by atoms with E-state index in [1.54, 1.807) is 6.20 Å². The van der Waals surface area contributed by atoms with E-state index in [4.69, 9.17) is 28.6 Å². The molecule has 2 unspecified atom stereocenters. The molecule has 0 radical (unpaired) electrons. The molecule has 2 aromatic carbocycles. The Morgan fingerprint density at radius 3 is 2.56 bits per heavy atom. The summed E-state index contributed by atoms with van der Waals surface area (Å²) in [4.78, 5) is 18.9. The van der Waals surface area contributed by atoms with E-state index < -0.39 is 0 Å². The Balaban J connectivity index is 1.62. The van der Waals surface area contributed by atoms with Gasteiger partial charge in [0.15, 0.2) is 5.11 Å². The Bertz CT molecular complexity index is 1540. The van der Waals surface area contributed by atoms with Gasteiger partial charge in [0.05, 0.1) is 28.5 Å². The number of benzene rings is 2. The van der Waals surface area contributed by atoms with Gasteiger partial charge in [-0.25, -0.2) is 0 Å². The molecule has 1 amide bonds. The number of ether oxygens (including phenoxy) is 1. The number of aryl methyl sites for hydroxylation is 2. The van der Waals surface area contributed by atoms with E-state index in [0.29, 0.717) is 10.1 Å². The molecule has 1 aliphatic rings. The monoisotopic (exact) mass is 559 g/mol. The second-order valence-electron chi connectivity index (χ2n) is 9.59. The first-order chi connectivity index (χ1) is 18.8. The Hall–Kier alpha value is -3.72. The van der Waals surface area contributed by atoms with E-state index >= 15 is 0 Å². The number of rotatable bonds is 7. The molecule has 9 heteroatoms. The molecule has 39 heavy (non-hydrogen) atoms. The van der Waals surface area contributed by atoms with Gasteiger partial charge in [-0.15, -0.1) is 0 Å². The lowest BCUT2D eigenvalue weighted by Gasteiger charge is -2.29. The number of halogens is 1. The first-order valence-electron chi connectivity index (χ1n) is 12.6. The highest BCUT2D eigenvalue weighted by Gasteiger charge is 2.42. The standard InChI is InChI=1S/C30H30ClN5O2S/c1-18-15-21(12-13-24(18)33-27(37)17-38-4)36-29(28(34-30(36)39)25-10-7-8-14-32-25)22-16-19(2)35(20(22)3)26-11-6-5-9-23(26)31/h5-16,28-29H,17H2,1-4H3,(H,33,37)(H,34,39). The fourth-order valence-electron chi connectivity index (χ4n) is 5.30. The molecule has 0 aliphatic carbocycles. The number of amides is 1. The zero-order valence-electron chi connectivity index (χ0n) is 22.2. The van der Waals surface area contributed by atoms with Gasteiger partial charge in [-0.05, 0) is 92.6 Å². The lowest BCUT2D eigenvalue weighted by atomic mass is 9.96. The topological polar surface area (TPSA) is 71.4 Å². The number of nitrogens with one attached hydrogen (secondary N) is 2. The van der Waals surface area contributed by atoms with E-state index in [9.17, 15) is 4.79 Å². The molecule has 2 aromatic heterocycles. The molecule has 1 fully saturated rings. The van der Waals surface area contributed by atoms with Gasteiger partial charge in [0.2, 0.25) is 5.91 Å². The van der Waals surface area contributed by atoms with Gasteiger partial charge in [0.1, 0.15) is 6.61 Å². The summed E-state index contributed by atoms with van der Waals surface area (Å²) in [6.45, 7) is 6.16. The fourth-order valence-corrected chi connectivity index (χ4v) is 5.86. The number of pyridine rings is 1. The number of anilines is 2. The molecule has 5 rings (SSSR count). The Labute approximate surface area is 238 Å². The van der Waals surface area contributed by atoms with Crippen molar-refractivity contribution in [2.45, 2.75) is 32.9 Å². The molecule has 2 N–H and O–H groups in total. The molecule has 200 valence electrons. The average Bonchev–Trinajstić information content (AvgIpc) is 3.41. The van der Waals surface area contributed by atoms with Crippen LogP contribution in [0.3, 0.4) is 0 Å². The summed E-state index contributed by atoms with van der Waals surface area (Å²) in [5, 5.41) is 7.73. The van der Waals surface area contributed by atoms with Crippen molar-refractivity contribution in [1.82, 2.24) is 14.9 Å². The van der Waals surface area contributed by atoms with Crippen LogP contribution < -0.4 is 15.5 Å². The summed E-state index contributed by atoms with van der Waals surface area (Å²) in [5.41, 5.74) is 7.65. The third kappa shape index (κ3) is 5.15. The van der Waals surface area contributed by atoms with Gasteiger partial charge in [-0.1, -0.05) is 29.8 Å². The van der Waals surface area contributed by atoms with E-state index in [-0.39, 0.29) is 24.6 Å². The van der Waals surface area contributed by atoms with E-state index in [1.807, 2.05) is 67.6 Å². The van der Waals surface area contributed by atoms with Gasteiger partial charge in [0.25, 0.3) is 0 Å². The zero-order valence-corrected chi connectivity index (χ0v) is 23.8. The summed E-state index contributed by atoms with van der Waals surface area (Å²) in [7, 11) is 1.50. The molecule has 2 atom stereocenters. The van der Waals surface area contributed by atoms with Gasteiger partial charge in [-0.2, -0.15) is 0 Å². The lowest BCUT2D eigenvalue weighted by molar-refractivity contribution is -0.119. The molecule has 1 saturated heterocycles. The minimum Gasteiger partial charge on any atom is -0.375 e. The number of para-hydroxylation sites is 1. The molecule has 3 heterocycles. The van der Waals surface area contributed by atoms with Crippen LogP contribution in [0.25, 0.3) is 5.69 Å². The molecular weight excluding hydrogens is 530 g/mol. The summed E-state index contributed by atoms with van der Waals surface area (Å²) in [5.74, 6) is -0.202. The molecule has 4 aromatic rings. The largest absolute Gasteiger partial charge is 0.375 e. The van der Waals surface area contributed by atoms with Gasteiger partial charge in [-0.3, -0.25) is 9.78 Å². The summed E-state index contributed by atoms with van der Waals surface area (Å²) < 4.78 is 7.14. The second kappa shape index (κ2) is 11.2. The van der Waals surface area contributed by atoms with Crippen LogP contribution in [0, 0.1) is 20.8 Å². The van der Waals surface area contributed by atoms with Crippen LogP contribution in [0.5, 0.6) is 0 Å². The smallest absolute Gasteiger partial charge is 0.250 e. The Morgan fingerprint density at radius 2 is 1.87 bits per heavy atom. The molecule has 1 aliphatic heterocycles. The van der Waals surface area contributed by atoms with Crippen molar-refractivity contribution in [2.75, 3.05) is 23.9 Å². The molecular formula is C30H30ClN5O2S. The van der Waals surface area contributed by atoms with Crippen molar-refractivity contribution in [2.24, 2.45) is 0 Å². The number of methoxy groups -OCH3 is 1. The van der Waals surface area contributed by atoms with Crippen LogP contribution in [0.2, 0.25) is 5.02 Å². The van der Waals surface area contributed by atoms with Crippen LogP contribution in [0.4, 0.5) is 11.4 Å². The number of hydrogen-bond donors (Lipinski definition) is 2. The van der Waals surface area contributed by atoms with Gasteiger partial charge < -0.3 is 24.8 Å². The van der Waals surface area contributed by atoms with Crippen molar-refractivity contribution in [1.29, 1.82) is 0 Å². The van der Waals surface area contributed by atoms with E-state index in [2.05, 4.69) is 45.0 Å². The first kappa shape index (κ1) is 26.9. The first-order valence-corrected chi connectivity index (χ1v) is 13.4. The number of hydrogen-bond acceptors (Lipinski definition) is 4. The van der Waals surface area contributed by atoms with Crippen LogP contribution in [-0.4, -0.2) is 34.3 Å². The number of aromatic nitrogens is 2. The van der Waals surface area contributed by atoms with Gasteiger partial charge >= 0.3 is 0 Å². The van der Waals surface area contributed by atoms with Gasteiger partial charge in [0, 0.05) is 36.1 Å². The predicted octanol–water partition coefficient (Wildman–Crippen LogP) is 6.21. The van der Waals surface area contributed by atoms with Crippen molar-refractivity contribution < 1.29 is 9.53 Å². The quantitative estimate of drug-likeness (QED) is 0.262. The summed E-state index contributed by atoms with van der Waals surface area (Å²) in [6, 6.07) is 21.5. The average molecular weight is 560 g/mol. The van der Waals surface area contributed by atoms with Crippen LogP contribution >= 0.6 is 23.8 Å². The molecule has 7 nitrogen and oxygen atoms in total. The Morgan fingerprint density at radius 1 is 1.10 bits per heavy atom. The summed E-state index contributed by atoms with van der Waals surface area (Å²) >= 11 is 12.5. The third-order valence-corrected chi connectivity index (χ3v) is 7.65. The number of nitrogens with zero attached hydrogens (tertiary/aromatic N) is 3. The van der Waals surface area contributed by atoms with Crippen LogP contribution in [0.15, 0.2) is 72.9 Å². The highest BCUT2D eigenvalue weighted by Crippen LogP contribution is 2.44. The fraction of sp³-hybridized carbons (Fsp3) is 0.233. The molecule has 0 saturated carbocycles. The van der Waals surface area contributed by atoms with Crippen LogP contribution in [-0.2, 0) is 9.53 Å². The normalized spacial score (nSPS) is 16.8. The van der Waals surface area contributed by atoms with Crippen molar-refractivity contribution in [3.05, 3.63) is 106 Å². The number of thiocarbonyl (C=S) groups is 1. The highest BCUT2D eigenvalue weighted by molar-refractivity contribution is 7.80. The highest BCUT2D eigenvalue weighted by atomic mass is 35.5. The maximum atomic E-state index is 12.1. The van der Waals surface area contributed by atoms with Crippen molar-refractivity contribution >= 4 is 46.2 Å². The molecule has 0 bridgehead atoms. The van der Waals surface area contributed by atoms with Crippen molar-refractivity contribution in [3.8, 4) is 5.69 Å². The third-order valence-electron chi connectivity index (χ3n) is 7.02. The number of carbonyl (C=O) groups is 1. The zero-order chi connectivity index (χ0) is 27.7. The SMILES string of the molecule is COCC(=O)Nc1ccc(N2C(=S)NC(c3ccccn3)C2c2cc(C)n(-c3ccccc3Cl)c2C)cc1C. The number of carbonyl (C=O) groups excluding carboxylic acids is 1. The van der Waals surface area contributed by atoms with Crippen molar-refractivity contribution in [3.63, 3.8) is 0 Å². The minimum absolute atomic E-state index is 0.00377. The molecule has 0 spiro atoms. The Kier molecular flexibility index (Phi) is 7.70. The maximum absolute atomic E-state index is 12.1. The maximum Gasteiger partial charge on any atom is 0.250 e. The second-order valence-corrected chi connectivity index (χ2v) is 10.4. The minimum atomic E-state index is -0.202. The van der Waals surface area contributed by atoms with Crippen LogP contribution in [0.1, 0.15) is 40.3 Å². The lowest BCUT2D eigenvalue weighted by Crippen LogP contribution is -2.29. The predicted molar refractivity (Wildman–Crippen MR) is 160 cm³/mol. The summed E-state index contributed by atoms with van der Waals surface area (Å²) in [6.07, 6.45) is 1.80. The van der Waals surface area contributed by atoms with E-state index in [0.717, 1.165) is 45.3 Å².